The highest BCUT2D eigenvalue weighted by Crippen LogP contribution is 2.03. The minimum atomic E-state index is 0. The van der Waals surface area contributed by atoms with E-state index in [1.165, 1.54) is 5.57 Å². The van der Waals surface area contributed by atoms with Gasteiger partial charge in [-0.25, -0.2) is 0 Å². The molecule has 0 spiro atoms. The standard InChI is InChI=1S/C14H18N2O.ClH/c17-14(10-12-4-2-1-3-5-12)16-11-13-6-8-15-9-7-13;/h1-6,15H,7-11H2,(H,16,17);1H. The van der Waals surface area contributed by atoms with Gasteiger partial charge in [0, 0.05) is 13.1 Å². The van der Waals surface area contributed by atoms with Crippen molar-refractivity contribution in [2.45, 2.75) is 12.8 Å². The molecule has 18 heavy (non-hydrogen) atoms. The van der Waals surface area contributed by atoms with Gasteiger partial charge in [0.2, 0.25) is 5.91 Å². The molecular formula is C14H19ClN2O. The third kappa shape index (κ3) is 4.90. The Morgan fingerprint density at radius 1 is 1.28 bits per heavy atom. The van der Waals surface area contributed by atoms with Gasteiger partial charge in [-0.05, 0) is 18.5 Å². The van der Waals surface area contributed by atoms with Crippen molar-refractivity contribution in [2.75, 3.05) is 19.6 Å². The largest absolute Gasteiger partial charge is 0.352 e. The molecule has 0 unspecified atom stereocenters. The first kappa shape index (κ1) is 14.7. The highest BCUT2D eigenvalue weighted by molar-refractivity contribution is 5.85. The van der Waals surface area contributed by atoms with Gasteiger partial charge in [-0.15, -0.1) is 12.4 Å². The summed E-state index contributed by atoms with van der Waals surface area (Å²) in [5.74, 6) is 0.0932. The van der Waals surface area contributed by atoms with Crippen LogP contribution in [-0.2, 0) is 11.2 Å². The SMILES string of the molecule is Cl.O=C(Cc1ccccc1)NCC1=CCNCC1. The summed E-state index contributed by atoms with van der Waals surface area (Å²) in [5.41, 5.74) is 2.38. The van der Waals surface area contributed by atoms with Gasteiger partial charge in [0.05, 0.1) is 6.42 Å². The Kier molecular flexibility index (Phi) is 6.47. The van der Waals surface area contributed by atoms with E-state index in [2.05, 4.69) is 16.7 Å². The monoisotopic (exact) mass is 266 g/mol. The third-order valence-electron chi connectivity index (χ3n) is 2.88. The third-order valence-corrected chi connectivity index (χ3v) is 2.88. The Hall–Kier alpha value is -1.32. The number of benzene rings is 1. The van der Waals surface area contributed by atoms with E-state index in [1.807, 2.05) is 30.3 Å². The van der Waals surface area contributed by atoms with E-state index >= 15 is 0 Å². The van der Waals surface area contributed by atoms with Gasteiger partial charge < -0.3 is 10.6 Å². The highest BCUT2D eigenvalue weighted by Gasteiger charge is 2.06. The number of carbonyl (C=O) groups excluding carboxylic acids is 1. The fraction of sp³-hybridized carbons (Fsp3) is 0.357. The summed E-state index contributed by atoms with van der Waals surface area (Å²) in [6.45, 7) is 2.62. The Morgan fingerprint density at radius 3 is 2.72 bits per heavy atom. The van der Waals surface area contributed by atoms with Crippen molar-refractivity contribution in [1.82, 2.24) is 10.6 Å². The number of halogens is 1. The molecular weight excluding hydrogens is 248 g/mol. The van der Waals surface area contributed by atoms with Crippen molar-refractivity contribution >= 4 is 18.3 Å². The maximum Gasteiger partial charge on any atom is 0.224 e. The fourth-order valence-corrected chi connectivity index (χ4v) is 1.89. The van der Waals surface area contributed by atoms with Crippen LogP contribution in [0.3, 0.4) is 0 Å². The van der Waals surface area contributed by atoms with Gasteiger partial charge in [0.15, 0.2) is 0 Å². The molecule has 0 saturated carbocycles. The summed E-state index contributed by atoms with van der Waals surface area (Å²) < 4.78 is 0. The fourth-order valence-electron chi connectivity index (χ4n) is 1.89. The number of rotatable bonds is 4. The maximum atomic E-state index is 11.7. The number of carbonyl (C=O) groups is 1. The molecule has 4 heteroatoms. The first-order valence-corrected chi connectivity index (χ1v) is 6.04. The lowest BCUT2D eigenvalue weighted by Crippen LogP contribution is -2.30. The Labute approximate surface area is 114 Å². The summed E-state index contributed by atoms with van der Waals surface area (Å²) >= 11 is 0. The second-order valence-corrected chi connectivity index (χ2v) is 4.26. The van der Waals surface area contributed by atoms with Crippen LogP contribution >= 0.6 is 12.4 Å². The first-order valence-electron chi connectivity index (χ1n) is 6.04. The summed E-state index contributed by atoms with van der Waals surface area (Å²) in [4.78, 5) is 11.7. The molecule has 0 bridgehead atoms. The van der Waals surface area contributed by atoms with E-state index in [0.29, 0.717) is 13.0 Å². The molecule has 0 fully saturated rings. The molecule has 1 aromatic carbocycles. The topological polar surface area (TPSA) is 41.1 Å². The molecule has 0 radical (unpaired) electrons. The summed E-state index contributed by atoms with van der Waals surface area (Å²) in [7, 11) is 0. The van der Waals surface area contributed by atoms with E-state index in [1.54, 1.807) is 0 Å². The van der Waals surface area contributed by atoms with Gasteiger partial charge in [-0.3, -0.25) is 4.79 Å². The summed E-state index contributed by atoms with van der Waals surface area (Å²) in [5, 5.41) is 6.22. The molecule has 2 rings (SSSR count). The second kappa shape index (κ2) is 7.90. The molecule has 1 aliphatic heterocycles. The molecule has 2 N–H and O–H groups in total. The van der Waals surface area contributed by atoms with Crippen LogP contribution in [0.4, 0.5) is 0 Å². The summed E-state index contributed by atoms with van der Waals surface area (Å²) in [6, 6.07) is 9.82. The van der Waals surface area contributed by atoms with Crippen LogP contribution in [0.25, 0.3) is 0 Å². The Balaban J connectivity index is 0.00000162. The van der Waals surface area contributed by atoms with Crippen molar-refractivity contribution in [3.63, 3.8) is 0 Å². The lowest BCUT2D eigenvalue weighted by Gasteiger charge is -2.14. The van der Waals surface area contributed by atoms with Gasteiger partial charge >= 0.3 is 0 Å². The molecule has 0 saturated heterocycles. The lowest BCUT2D eigenvalue weighted by atomic mass is 10.1. The lowest BCUT2D eigenvalue weighted by molar-refractivity contribution is -0.120. The zero-order valence-corrected chi connectivity index (χ0v) is 11.1. The van der Waals surface area contributed by atoms with Gasteiger partial charge in [0.1, 0.15) is 0 Å². The van der Waals surface area contributed by atoms with E-state index in [0.717, 1.165) is 25.1 Å². The predicted molar refractivity (Wildman–Crippen MR) is 76.0 cm³/mol. The minimum Gasteiger partial charge on any atom is -0.352 e. The molecule has 1 amide bonds. The van der Waals surface area contributed by atoms with Crippen LogP contribution < -0.4 is 10.6 Å². The molecule has 3 nitrogen and oxygen atoms in total. The van der Waals surface area contributed by atoms with Crippen molar-refractivity contribution < 1.29 is 4.79 Å². The molecule has 0 aliphatic carbocycles. The van der Waals surface area contributed by atoms with Crippen LogP contribution in [0.2, 0.25) is 0 Å². The van der Waals surface area contributed by atoms with Gasteiger partial charge in [-0.2, -0.15) is 0 Å². The average Bonchev–Trinajstić information content (AvgIpc) is 2.39. The summed E-state index contributed by atoms with van der Waals surface area (Å²) in [6.07, 6.45) is 3.66. The van der Waals surface area contributed by atoms with Crippen molar-refractivity contribution in [3.8, 4) is 0 Å². The molecule has 98 valence electrons. The Morgan fingerprint density at radius 2 is 2.06 bits per heavy atom. The zero-order valence-electron chi connectivity index (χ0n) is 10.3. The van der Waals surface area contributed by atoms with E-state index in [-0.39, 0.29) is 18.3 Å². The van der Waals surface area contributed by atoms with E-state index < -0.39 is 0 Å². The molecule has 1 aromatic rings. The predicted octanol–water partition coefficient (Wildman–Crippen LogP) is 1.69. The normalized spacial score (nSPS) is 14.3. The van der Waals surface area contributed by atoms with Crippen LogP contribution in [0, 0.1) is 0 Å². The van der Waals surface area contributed by atoms with E-state index in [4.69, 9.17) is 0 Å². The van der Waals surface area contributed by atoms with E-state index in [9.17, 15) is 4.79 Å². The highest BCUT2D eigenvalue weighted by atomic mass is 35.5. The smallest absolute Gasteiger partial charge is 0.224 e. The molecule has 1 aliphatic rings. The number of hydrogen-bond donors (Lipinski definition) is 2. The van der Waals surface area contributed by atoms with Crippen LogP contribution in [-0.4, -0.2) is 25.5 Å². The zero-order chi connectivity index (χ0) is 11.9. The number of hydrogen-bond acceptors (Lipinski definition) is 2. The molecule has 0 aromatic heterocycles. The van der Waals surface area contributed by atoms with Crippen LogP contribution in [0.15, 0.2) is 42.0 Å². The van der Waals surface area contributed by atoms with Crippen molar-refractivity contribution in [3.05, 3.63) is 47.5 Å². The average molecular weight is 267 g/mol. The molecule has 0 atom stereocenters. The first-order chi connectivity index (χ1) is 8.34. The van der Waals surface area contributed by atoms with Crippen LogP contribution in [0.5, 0.6) is 0 Å². The van der Waals surface area contributed by atoms with Gasteiger partial charge in [-0.1, -0.05) is 42.0 Å². The second-order valence-electron chi connectivity index (χ2n) is 4.26. The minimum absolute atomic E-state index is 0. The molecule has 1 heterocycles. The van der Waals surface area contributed by atoms with Crippen molar-refractivity contribution in [1.29, 1.82) is 0 Å². The number of amides is 1. The number of nitrogens with one attached hydrogen (secondary N) is 2. The van der Waals surface area contributed by atoms with Crippen LogP contribution in [0.1, 0.15) is 12.0 Å². The Bertz CT molecular complexity index is 404. The van der Waals surface area contributed by atoms with Gasteiger partial charge in [0.25, 0.3) is 0 Å². The van der Waals surface area contributed by atoms with Crippen molar-refractivity contribution in [2.24, 2.45) is 0 Å². The quantitative estimate of drug-likeness (QED) is 0.815. The maximum absolute atomic E-state index is 11.7.